The maximum atomic E-state index is 11.6. The number of rotatable bonds is 10. The Hall–Kier alpha value is -3.06. The van der Waals surface area contributed by atoms with E-state index in [-0.39, 0.29) is 25.0 Å². The Morgan fingerprint density at radius 3 is 2.35 bits per heavy atom. The molecule has 0 bridgehead atoms. The minimum absolute atomic E-state index is 0.00997. The minimum atomic E-state index is -3.50. The van der Waals surface area contributed by atoms with Gasteiger partial charge in [-0.3, -0.25) is 4.72 Å². The van der Waals surface area contributed by atoms with Crippen LogP contribution in [0.3, 0.4) is 0 Å². The lowest BCUT2D eigenvalue weighted by molar-refractivity contribution is 0.300. The number of alkyl halides is 1. The Morgan fingerprint density at radius 2 is 1.76 bits per heavy atom. The number of anilines is 1. The number of nitriles is 1. The lowest BCUT2D eigenvalue weighted by atomic mass is 9.77. The Bertz CT molecular complexity index is 1440. The first kappa shape index (κ1) is 28.5. The molecule has 0 spiro atoms. The van der Waals surface area contributed by atoms with Gasteiger partial charge in [-0.15, -0.1) is 11.6 Å². The molecule has 11 heteroatoms. The molecule has 1 heterocycles. The van der Waals surface area contributed by atoms with E-state index in [4.69, 9.17) is 32.7 Å². The van der Waals surface area contributed by atoms with Crippen LogP contribution in [-0.4, -0.2) is 37.1 Å². The van der Waals surface area contributed by atoms with Crippen molar-refractivity contribution < 1.29 is 17.9 Å². The Kier molecular flexibility index (Phi) is 8.90. The van der Waals surface area contributed by atoms with Crippen LogP contribution >= 0.6 is 23.2 Å². The predicted molar refractivity (Wildman–Crippen MR) is 145 cm³/mol. The number of halogens is 2. The van der Waals surface area contributed by atoms with Crippen LogP contribution in [0.1, 0.15) is 47.5 Å². The summed E-state index contributed by atoms with van der Waals surface area (Å²) in [5.41, 5.74) is 3.79. The van der Waals surface area contributed by atoms with Gasteiger partial charge in [0.15, 0.2) is 5.75 Å². The fourth-order valence-corrected chi connectivity index (χ4v) is 4.43. The van der Waals surface area contributed by atoms with E-state index >= 15 is 0 Å². The summed E-state index contributed by atoms with van der Waals surface area (Å²) in [6, 6.07) is 13.3. The molecule has 0 saturated carbocycles. The lowest BCUT2D eigenvalue weighted by Gasteiger charge is -2.27. The number of benzene rings is 2. The van der Waals surface area contributed by atoms with Crippen molar-refractivity contribution in [3.63, 3.8) is 0 Å². The lowest BCUT2D eigenvalue weighted by Crippen LogP contribution is -2.19. The van der Waals surface area contributed by atoms with Crippen LogP contribution in [0.15, 0.2) is 36.4 Å². The summed E-state index contributed by atoms with van der Waals surface area (Å²) in [6.07, 6.45) is 1.05. The van der Waals surface area contributed by atoms with Gasteiger partial charge in [-0.1, -0.05) is 37.6 Å². The van der Waals surface area contributed by atoms with Crippen molar-refractivity contribution in [2.75, 3.05) is 23.5 Å². The van der Waals surface area contributed by atoms with E-state index in [0.29, 0.717) is 33.5 Å². The summed E-state index contributed by atoms with van der Waals surface area (Å²) in [5, 5.41) is 9.97. The molecule has 3 rings (SSSR count). The van der Waals surface area contributed by atoms with E-state index < -0.39 is 15.4 Å². The molecule has 0 atom stereocenters. The summed E-state index contributed by atoms with van der Waals surface area (Å²) < 4.78 is 36.9. The SMILES string of the molecule is Cc1nc(NS(C)(=O)=O)nc(COc2ccc(C(C)(C)c3cc(Cl)c(OCCCl)c(C#N)c3)cc2)c1C. The molecule has 0 unspecified atom stereocenters. The number of hydrogen-bond acceptors (Lipinski definition) is 7. The van der Waals surface area contributed by atoms with Gasteiger partial charge in [-0.25, -0.2) is 18.4 Å². The van der Waals surface area contributed by atoms with Crippen LogP contribution in [-0.2, 0) is 22.0 Å². The average Bonchev–Trinajstić information content (AvgIpc) is 2.83. The predicted octanol–water partition coefficient (Wildman–Crippen LogP) is 5.51. The molecule has 1 N–H and O–H groups in total. The van der Waals surface area contributed by atoms with Crippen molar-refractivity contribution in [2.45, 2.75) is 39.7 Å². The third-order valence-electron chi connectivity index (χ3n) is 5.93. The third kappa shape index (κ3) is 7.04. The van der Waals surface area contributed by atoms with Gasteiger partial charge < -0.3 is 9.47 Å². The summed E-state index contributed by atoms with van der Waals surface area (Å²) in [7, 11) is -3.50. The molecular formula is C26H28Cl2N4O4S. The van der Waals surface area contributed by atoms with Gasteiger partial charge in [0.05, 0.1) is 28.4 Å². The molecule has 2 aromatic carbocycles. The zero-order valence-electron chi connectivity index (χ0n) is 21.2. The molecule has 8 nitrogen and oxygen atoms in total. The molecule has 0 radical (unpaired) electrons. The largest absolute Gasteiger partial charge is 0.489 e. The molecule has 0 aliphatic rings. The molecule has 1 aromatic heterocycles. The van der Waals surface area contributed by atoms with Crippen molar-refractivity contribution in [1.82, 2.24) is 9.97 Å². The number of aromatic nitrogens is 2. The molecule has 3 aromatic rings. The van der Waals surface area contributed by atoms with Gasteiger partial charge in [-0.05, 0) is 54.8 Å². The Morgan fingerprint density at radius 1 is 1.08 bits per heavy atom. The highest BCUT2D eigenvalue weighted by molar-refractivity contribution is 7.91. The van der Waals surface area contributed by atoms with Gasteiger partial charge >= 0.3 is 0 Å². The van der Waals surface area contributed by atoms with Crippen molar-refractivity contribution in [2.24, 2.45) is 0 Å². The highest BCUT2D eigenvalue weighted by atomic mass is 35.5. The van der Waals surface area contributed by atoms with Crippen LogP contribution in [0.2, 0.25) is 5.02 Å². The van der Waals surface area contributed by atoms with E-state index in [0.717, 1.165) is 22.9 Å². The van der Waals surface area contributed by atoms with E-state index in [1.165, 1.54) is 0 Å². The topological polar surface area (TPSA) is 114 Å². The van der Waals surface area contributed by atoms with E-state index in [1.807, 2.05) is 45.0 Å². The third-order valence-corrected chi connectivity index (χ3v) is 6.92. The van der Waals surface area contributed by atoms with Crippen LogP contribution < -0.4 is 14.2 Å². The summed E-state index contributed by atoms with van der Waals surface area (Å²) in [6.45, 7) is 8.11. The van der Waals surface area contributed by atoms with E-state index in [1.54, 1.807) is 19.1 Å². The van der Waals surface area contributed by atoms with Gasteiger partial charge in [0, 0.05) is 11.1 Å². The molecule has 0 fully saturated rings. The normalized spacial score (nSPS) is 11.6. The molecule has 0 saturated heterocycles. The first-order chi connectivity index (χ1) is 17.4. The van der Waals surface area contributed by atoms with Crippen LogP contribution in [0.4, 0.5) is 5.95 Å². The van der Waals surface area contributed by atoms with Crippen LogP contribution in [0, 0.1) is 25.2 Å². The number of sulfonamides is 1. The fraction of sp³-hybridized carbons (Fsp3) is 0.346. The van der Waals surface area contributed by atoms with E-state index in [9.17, 15) is 13.7 Å². The fourth-order valence-electron chi connectivity index (χ4n) is 3.65. The van der Waals surface area contributed by atoms with Crippen molar-refractivity contribution in [3.8, 4) is 17.6 Å². The number of nitrogens with zero attached hydrogens (tertiary/aromatic N) is 3. The summed E-state index contributed by atoms with van der Waals surface area (Å²) >= 11 is 12.2. The average molecular weight is 564 g/mol. The number of nitrogens with one attached hydrogen (secondary N) is 1. The quantitative estimate of drug-likeness (QED) is 0.324. The van der Waals surface area contributed by atoms with Gasteiger partial charge in [0.2, 0.25) is 16.0 Å². The first-order valence-corrected chi connectivity index (χ1v) is 14.1. The van der Waals surface area contributed by atoms with E-state index in [2.05, 4.69) is 20.8 Å². The zero-order chi connectivity index (χ0) is 27.4. The Labute approximate surface area is 227 Å². The monoisotopic (exact) mass is 562 g/mol. The maximum Gasteiger partial charge on any atom is 0.237 e. The van der Waals surface area contributed by atoms with Crippen molar-refractivity contribution in [3.05, 3.63) is 75.1 Å². The smallest absolute Gasteiger partial charge is 0.237 e. The molecule has 0 aliphatic carbocycles. The Balaban J connectivity index is 1.80. The molecule has 196 valence electrons. The highest BCUT2D eigenvalue weighted by Crippen LogP contribution is 2.38. The molecule has 0 amide bonds. The summed E-state index contributed by atoms with van der Waals surface area (Å²) in [5.74, 6) is 1.25. The van der Waals surface area contributed by atoms with Crippen LogP contribution in [0.25, 0.3) is 0 Å². The number of aryl methyl sites for hydroxylation is 1. The molecule has 0 aliphatic heterocycles. The van der Waals surface area contributed by atoms with Gasteiger partial charge in [0.1, 0.15) is 25.0 Å². The van der Waals surface area contributed by atoms with Crippen molar-refractivity contribution in [1.29, 1.82) is 5.26 Å². The van der Waals surface area contributed by atoms with Crippen LogP contribution in [0.5, 0.6) is 11.5 Å². The number of ether oxygens (including phenoxy) is 2. The summed E-state index contributed by atoms with van der Waals surface area (Å²) in [4.78, 5) is 8.48. The van der Waals surface area contributed by atoms with Gasteiger partial charge in [0.25, 0.3) is 0 Å². The first-order valence-electron chi connectivity index (χ1n) is 11.3. The zero-order valence-corrected chi connectivity index (χ0v) is 23.6. The van der Waals surface area contributed by atoms with Crippen molar-refractivity contribution >= 4 is 39.2 Å². The minimum Gasteiger partial charge on any atom is -0.489 e. The second kappa shape index (κ2) is 11.5. The second-order valence-corrected chi connectivity index (χ2v) is 11.5. The highest BCUT2D eigenvalue weighted by Gasteiger charge is 2.26. The van der Waals surface area contributed by atoms with Gasteiger partial charge in [-0.2, -0.15) is 5.26 Å². The second-order valence-electron chi connectivity index (χ2n) is 9.00. The maximum absolute atomic E-state index is 11.6. The molecular weight excluding hydrogens is 535 g/mol. The number of hydrogen-bond donors (Lipinski definition) is 1. The standard InChI is InChI=1S/C26H28Cl2N4O4S/c1-16-17(2)30-25(32-37(5,33)34)31-23(16)15-36-21-8-6-19(7-9-21)26(3,4)20-12-18(14-29)24(22(28)13-20)35-11-10-27/h6-9,12-13H,10-11,15H2,1-5H3,(H,30,31,32). The molecule has 37 heavy (non-hydrogen) atoms.